The van der Waals surface area contributed by atoms with Gasteiger partial charge < -0.3 is 10.6 Å². The van der Waals surface area contributed by atoms with Gasteiger partial charge in [0.05, 0.1) is 6.04 Å². The van der Waals surface area contributed by atoms with Gasteiger partial charge in [-0.05, 0) is 50.6 Å². The first-order valence-corrected chi connectivity index (χ1v) is 7.49. The highest BCUT2D eigenvalue weighted by Crippen LogP contribution is 2.28. The first-order valence-electron chi connectivity index (χ1n) is 6.67. The monoisotopic (exact) mass is 288 g/mol. The van der Waals surface area contributed by atoms with Crippen molar-refractivity contribution in [2.24, 2.45) is 0 Å². The van der Waals surface area contributed by atoms with Crippen LogP contribution in [0.25, 0.3) is 0 Å². The number of carbonyl (C=O) groups excluding carboxylic acids is 1. The summed E-state index contributed by atoms with van der Waals surface area (Å²) in [5.41, 5.74) is 2.70. The first-order chi connectivity index (χ1) is 9.52. The van der Waals surface area contributed by atoms with E-state index in [0.29, 0.717) is 5.56 Å². The van der Waals surface area contributed by atoms with Crippen molar-refractivity contribution in [2.75, 3.05) is 12.4 Å². The Morgan fingerprint density at radius 3 is 2.55 bits per heavy atom. The molecule has 0 bridgehead atoms. The number of nitrogens with one attached hydrogen (secondary N) is 2. The summed E-state index contributed by atoms with van der Waals surface area (Å²) in [7, 11) is 1.65. The van der Waals surface area contributed by atoms with Crippen LogP contribution in [0.15, 0.2) is 30.3 Å². The largest absolute Gasteiger partial charge is 0.377 e. The van der Waals surface area contributed by atoms with Crippen LogP contribution in [0.5, 0.6) is 0 Å². The van der Waals surface area contributed by atoms with Crippen LogP contribution < -0.4 is 10.6 Å². The molecule has 2 aromatic rings. The lowest BCUT2D eigenvalue weighted by Crippen LogP contribution is -2.19. The summed E-state index contributed by atoms with van der Waals surface area (Å²) in [6.07, 6.45) is 0. The van der Waals surface area contributed by atoms with Crippen LogP contribution >= 0.6 is 11.3 Å². The second-order valence-electron chi connectivity index (χ2n) is 4.87. The van der Waals surface area contributed by atoms with Gasteiger partial charge in [-0.15, -0.1) is 11.3 Å². The van der Waals surface area contributed by atoms with Crippen LogP contribution in [0.1, 0.15) is 38.6 Å². The van der Waals surface area contributed by atoms with Gasteiger partial charge in [0.25, 0.3) is 5.91 Å². The Kier molecular flexibility index (Phi) is 4.45. The van der Waals surface area contributed by atoms with Gasteiger partial charge >= 0.3 is 0 Å². The Morgan fingerprint density at radius 2 is 1.95 bits per heavy atom. The number of thiophene rings is 1. The molecule has 0 radical (unpaired) electrons. The fourth-order valence-corrected chi connectivity index (χ4v) is 3.04. The van der Waals surface area contributed by atoms with Gasteiger partial charge in [-0.1, -0.05) is 6.07 Å². The van der Waals surface area contributed by atoms with Crippen LogP contribution in [0.3, 0.4) is 0 Å². The SMILES string of the molecule is CNC(=O)c1cccc(NC(C)c2ccc(C)s2)c1C. The number of hydrogen-bond donors (Lipinski definition) is 2. The molecule has 1 heterocycles. The Morgan fingerprint density at radius 1 is 1.20 bits per heavy atom. The summed E-state index contributed by atoms with van der Waals surface area (Å²) in [4.78, 5) is 14.4. The molecule has 0 aliphatic carbocycles. The van der Waals surface area contributed by atoms with E-state index in [1.54, 1.807) is 18.4 Å². The Labute approximate surface area is 124 Å². The predicted molar refractivity (Wildman–Crippen MR) is 85.7 cm³/mol. The molecule has 1 unspecified atom stereocenters. The minimum Gasteiger partial charge on any atom is -0.377 e. The van der Waals surface area contributed by atoms with Gasteiger partial charge in [0.2, 0.25) is 0 Å². The maximum atomic E-state index is 11.8. The molecule has 0 aliphatic heterocycles. The van der Waals surface area contributed by atoms with Gasteiger partial charge in [0.15, 0.2) is 0 Å². The average molecular weight is 288 g/mol. The lowest BCUT2D eigenvalue weighted by Gasteiger charge is -2.17. The number of aryl methyl sites for hydroxylation is 1. The summed E-state index contributed by atoms with van der Waals surface area (Å²) in [5, 5.41) is 6.16. The van der Waals surface area contributed by atoms with E-state index in [0.717, 1.165) is 11.3 Å². The molecular formula is C16H20N2OS. The second kappa shape index (κ2) is 6.09. The second-order valence-corrected chi connectivity index (χ2v) is 6.19. The van der Waals surface area contributed by atoms with E-state index in [1.807, 2.05) is 25.1 Å². The molecule has 4 heteroatoms. The zero-order valence-electron chi connectivity index (χ0n) is 12.3. The minimum absolute atomic E-state index is 0.0502. The fourth-order valence-electron chi connectivity index (χ4n) is 2.16. The third-order valence-corrected chi connectivity index (χ3v) is 4.55. The van der Waals surface area contributed by atoms with Crippen LogP contribution in [0, 0.1) is 13.8 Å². The summed E-state index contributed by atoms with van der Waals surface area (Å²) in [6.45, 7) is 6.22. The van der Waals surface area contributed by atoms with Crippen LogP contribution in [-0.2, 0) is 0 Å². The van der Waals surface area contributed by atoms with Gasteiger partial charge in [-0.2, -0.15) is 0 Å². The lowest BCUT2D eigenvalue weighted by atomic mass is 10.1. The maximum absolute atomic E-state index is 11.8. The van der Waals surface area contributed by atoms with Gasteiger partial charge in [-0.25, -0.2) is 0 Å². The molecule has 3 nitrogen and oxygen atoms in total. The van der Waals surface area contributed by atoms with E-state index >= 15 is 0 Å². The number of hydrogen-bond acceptors (Lipinski definition) is 3. The van der Waals surface area contributed by atoms with E-state index in [4.69, 9.17) is 0 Å². The molecule has 1 amide bonds. The van der Waals surface area contributed by atoms with Crippen molar-refractivity contribution in [1.29, 1.82) is 0 Å². The van der Waals surface area contributed by atoms with Crippen molar-refractivity contribution >= 4 is 22.9 Å². The van der Waals surface area contributed by atoms with Crippen molar-refractivity contribution in [1.82, 2.24) is 5.32 Å². The lowest BCUT2D eigenvalue weighted by molar-refractivity contribution is 0.0962. The zero-order valence-corrected chi connectivity index (χ0v) is 13.1. The molecular weight excluding hydrogens is 268 g/mol. The maximum Gasteiger partial charge on any atom is 0.251 e. The van der Waals surface area contributed by atoms with Crippen molar-refractivity contribution < 1.29 is 4.79 Å². The molecule has 0 aliphatic rings. The molecule has 0 fully saturated rings. The van der Waals surface area contributed by atoms with Gasteiger partial charge in [0.1, 0.15) is 0 Å². The summed E-state index contributed by atoms with van der Waals surface area (Å²) in [5.74, 6) is -0.0502. The Balaban J connectivity index is 2.23. The van der Waals surface area contributed by atoms with Crippen molar-refractivity contribution in [3.8, 4) is 0 Å². The van der Waals surface area contributed by atoms with E-state index in [1.165, 1.54) is 9.75 Å². The summed E-state index contributed by atoms with van der Waals surface area (Å²) >= 11 is 1.79. The molecule has 106 valence electrons. The van der Waals surface area contributed by atoms with E-state index in [2.05, 4.69) is 36.6 Å². The first kappa shape index (κ1) is 14.6. The molecule has 0 spiro atoms. The predicted octanol–water partition coefficient (Wildman–Crippen LogP) is 3.90. The fraction of sp³-hybridized carbons (Fsp3) is 0.312. The Hall–Kier alpha value is -1.81. The van der Waals surface area contributed by atoms with E-state index in [9.17, 15) is 4.79 Å². The number of carbonyl (C=O) groups is 1. The molecule has 2 N–H and O–H groups in total. The standard InChI is InChI=1S/C16H20N2OS/c1-10-8-9-15(20-10)12(3)18-14-7-5-6-13(11(14)2)16(19)17-4/h5-9,12,18H,1-4H3,(H,17,19). The van der Waals surface area contributed by atoms with Crippen molar-refractivity contribution in [3.63, 3.8) is 0 Å². The van der Waals surface area contributed by atoms with Gasteiger partial charge in [0, 0.05) is 28.1 Å². The van der Waals surface area contributed by atoms with Crippen molar-refractivity contribution in [2.45, 2.75) is 26.8 Å². The van der Waals surface area contributed by atoms with Crippen LogP contribution in [0.4, 0.5) is 5.69 Å². The molecule has 1 aromatic heterocycles. The highest BCUT2D eigenvalue weighted by atomic mass is 32.1. The summed E-state index contributed by atoms with van der Waals surface area (Å²) < 4.78 is 0. The normalized spacial score (nSPS) is 12.0. The highest BCUT2D eigenvalue weighted by Gasteiger charge is 2.13. The van der Waals surface area contributed by atoms with Crippen molar-refractivity contribution in [3.05, 3.63) is 51.2 Å². The third-order valence-electron chi connectivity index (χ3n) is 3.37. The topological polar surface area (TPSA) is 41.1 Å². The molecule has 20 heavy (non-hydrogen) atoms. The quantitative estimate of drug-likeness (QED) is 0.896. The zero-order chi connectivity index (χ0) is 14.7. The molecule has 0 saturated carbocycles. The van der Waals surface area contributed by atoms with E-state index in [-0.39, 0.29) is 11.9 Å². The average Bonchev–Trinajstić information content (AvgIpc) is 2.87. The molecule has 0 saturated heterocycles. The number of amides is 1. The third kappa shape index (κ3) is 3.02. The molecule has 1 aromatic carbocycles. The van der Waals surface area contributed by atoms with Gasteiger partial charge in [-0.3, -0.25) is 4.79 Å². The smallest absolute Gasteiger partial charge is 0.251 e. The van der Waals surface area contributed by atoms with E-state index < -0.39 is 0 Å². The molecule has 2 rings (SSSR count). The van der Waals surface area contributed by atoms with Crippen LogP contribution in [0.2, 0.25) is 0 Å². The molecule has 1 atom stereocenters. The Bertz CT molecular complexity index is 619. The minimum atomic E-state index is -0.0502. The number of benzene rings is 1. The number of anilines is 1. The summed E-state index contributed by atoms with van der Waals surface area (Å²) in [6, 6.07) is 10.3. The number of rotatable bonds is 4. The van der Waals surface area contributed by atoms with Crippen LogP contribution in [-0.4, -0.2) is 13.0 Å². The highest BCUT2D eigenvalue weighted by molar-refractivity contribution is 7.12.